The van der Waals surface area contributed by atoms with Gasteiger partial charge in [-0.3, -0.25) is 9.59 Å². The Bertz CT molecular complexity index is 1050. The van der Waals surface area contributed by atoms with Gasteiger partial charge in [-0.25, -0.2) is 0 Å². The lowest BCUT2D eigenvalue weighted by molar-refractivity contribution is -0.00746. The lowest BCUT2D eigenvalue weighted by Gasteiger charge is -2.44. The number of nitriles is 1. The van der Waals surface area contributed by atoms with Gasteiger partial charge >= 0.3 is 0 Å². The molecule has 1 fully saturated rings. The number of fused-ring (bicyclic) bond motifs is 1. The van der Waals surface area contributed by atoms with Crippen molar-refractivity contribution in [1.29, 1.82) is 5.26 Å². The van der Waals surface area contributed by atoms with Crippen molar-refractivity contribution in [2.75, 3.05) is 27.3 Å². The van der Waals surface area contributed by atoms with Crippen molar-refractivity contribution in [1.82, 2.24) is 4.90 Å². The van der Waals surface area contributed by atoms with Crippen LogP contribution in [0.5, 0.6) is 17.2 Å². The highest BCUT2D eigenvalue weighted by Gasteiger charge is 2.45. The number of Topliss-reactive ketones (excluding diaryl/α,β-unsaturated/α-hetero) is 1. The molecule has 7 heteroatoms. The molecule has 0 aromatic heterocycles. The Morgan fingerprint density at radius 3 is 2.60 bits per heavy atom. The summed E-state index contributed by atoms with van der Waals surface area (Å²) in [6.45, 7) is 0.926. The summed E-state index contributed by atoms with van der Waals surface area (Å²) in [6, 6.07) is 12.1. The monoisotopic (exact) mass is 406 g/mol. The Morgan fingerprint density at radius 2 is 1.93 bits per heavy atom. The number of benzene rings is 2. The number of rotatable bonds is 3. The number of nitrogens with zero attached hydrogens (tertiary/aromatic N) is 2. The first-order chi connectivity index (χ1) is 14.5. The van der Waals surface area contributed by atoms with Crippen molar-refractivity contribution in [2.24, 2.45) is 0 Å². The van der Waals surface area contributed by atoms with Gasteiger partial charge in [-0.15, -0.1) is 0 Å². The maximum absolute atomic E-state index is 12.9. The van der Waals surface area contributed by atoms with Crippen LogP contribution in [0, 0.1) is 11.3 Å². The van der Waals surface area contributed by atoms with Gasteiger partial charge in [-0.2, -0.15) is 5.26 Å². The lowest BCUT2D eigenvalue weighted by Crippen LogP contribution is -2.52. The smallest absolute Gasteiger partial charge is 0.253 e. The number of hydrogen-bond acceptors (Lipinski definition) is 6. The van der Waals surface area contributed by atoms with Gasteiger partial charge in [-0.1, -0.05) is 6.07 Å². The van der Waals surface area contributed by atoms with Gasteiger partial charge in [0.2, 0.25) is 5.75 Å². The SMILES string of the molecule is COc1ccc2c(c1OC)OC1(CCN(C(=O)c3cccc(C#N)c3)CC1)CC2=O. The van der Waals surface area contributed by atoms with Crippen LogP contribution >= 0.6 is 0 Å². The van der Waals surface area contributed by atoms with E-state index in [0.717, 1.165) is 0 Å². The molecule has 4 rings (SSSR count). The number of ether oxygens (including phenoxy) is 3. The standard InChI is InChI=1S/C23H22N2O5/c1-28-19-7-6-17-18(26)13-23(30-20(17)21(19)29-2)8-10-25(11-9-23)22(27)16-5-3-4-15(12-16)14-24/h3-7,12H,8-11,13H2,1-2H3. The van der Waals surface area contributed by atoms with Crippen molar-refractivity contribution in [2.45, 2.75) is 24.9 Å². The molecule has 0 N–H and O–H groups in total. The fraction of sp³-hybridized carbons (Fsp3) is 0.348. The van der Waals surface area contributed by atoms with Crippen LogP contribution in [0.4, 0.5) is 0 Å². The van der Waals surface area contributed by atoms with E-state index in [1.54, 1.807) is 41.3 Å². The summed E-state index contributed by atoms with van der Waals surface area (Å²) in [5, 5.41) is 9.06. The fourth-order valence-electron chi connectivity index (χ4n) is 4.16. The van der Waals surface area contributed by atoms with Crippen LogP contribution in [-0.2, 0) is 0 Å². The third kappa shape index (κ3) is 3.35. The Morgan fingerprint density at radius 1 is 1.17 bits per heavy atom. The zero-order valence-electron chi connectivity index (χ0n) is 16.9. The first-order valence-electron chi connectivity index (χ1n) is 9.77. The average Bonchev–Trinajstić information content (AvgIpc) is 2.78. The van der Waals surface area contributed by atoms with E-state index in [-0.39, 0.29) is 18.1 Å². The highest BCUT2D eigenvalue weighted by molar-refractivity contribution is 6.01. The molecular weight excluding hydrogens is 384 g/mol. The number of hydrogen-bond donors (Lipinski definition) is 0. The van der Waals surface area contributed by atoms with Crippen molar-refractivity contribution < 1.29 is 23.8 Å². The highest BCUT2D eigenvalue weighted by atomic mass is 16.5. The van der Waals surface area contributed by atoms with E-state index < -0.39 is 5.60 Å². The second-order valence-electron chi connectivity index (χ2n) is 7.55. The summed E-state index contributed by atoms with van der Waals surface area (Å²) >= 11 is 0. The first-order valence-corrected chi connectivity index (χ1v) is 9.77. The van der Waals surface area contributed by atoms with Crippen LogP contribution in [0.1, 0.15) is 45.5 Å². The van der Waals surface area contributed by atoms with Gasteiger partial charge in [0.15, 0.2) is 17.3 Å². The van der Waals surface area contributed by atoms with E-state index in [0.29, 0.717) is 59.9 Å². The predicted molar refractivity (Wildman–Crippen MR) is 108 cm³/mol. The Balaban J connectivity index is 1.54. The maximum Gasteiger partial charge on any atom is 0.253 e. The number of likely N-dealkylation sites (tertiary alicyclic amines) is 1. The van der Waals surface area contributed by atoms with Crippen LogP contribution in [0.2, 0.25) is 0 Å². The number of amides is 1. The molecule has 7 nitrogen and oxygen atoms in total. The molecule has 0 saturated carbocycles. The summed E-state index contributed by atoms with van der Waals surface area (Å²) < 4.78 is 17.2. The molecule has 0 atom stereocenters. The lowest BCUT2D eigenvalue weighted by atomic mass is 9.82. The summed E-state index contributed by atoms with van der Waals surface area (Å²) in [5.41, 5.74) is 0.760. The van der Waals surface area contributed by atoms with Crippen LogP contribution in [0.25, 0.3) is 0 Å². The van der Waals surface area contributed by atoms with Crippen LogP contribution in [-0.4, -0.2) is 49.5 Å². The molecule has 0 bridgehead atoms. The molecule has 2 aliphatic rings. The van der Waals surface area contributed by atoms with E-state index in [1.165, 1.54) is 14.2 Å². The van der Waals surface area contributed by atoms with E-state index in [9.17, 15) is 9.59 Å². The normalized spacial score (nSPS) is 17.0. The molecule has 0 aliphatic carbocycles. The Hall–Kier alpha value is -3.53. The minimum Gasteiger partial charge on any atom is -0.493 e. The summed E-state index contributed by atoms with van der Waals surface area (Å²) in [4.78, 5) is 27.4. The molecule has 0 radical (unpaired) electrons. The molecular formula is C23H22N2O5. The average molecular weight is 406 g/mol. The van der Waals surface area contributed by atoms with Crippen LogP contribution in [0.3, 0.4) is 0 Å². The maximum atomic E-state index is 12.9. The minimum atomic E-state index is -0.672. The quantitative estimate of drug-likeness (QED) is 0.778. The van der Waals surface area contributed by atoms with E-state index >= 15 is 0 Å². The molecule has 0 unspecified atom stereocenters. The predicted octanol–water partition coefficient (Wildman–Crippen LogP) is 3.22. The number of carbonyl (C=O) groups excluding carboxylic acids is 2. The van der Waals surface area contributed by atoms with Crippen molar-refractivity contribution >= 4 is 11.7 Å². The zero-order chi connectivity index (χ0) is 21.3. The summed E-state index contributed by atoms with van der Waals surface area (Å²) in [7, 11) is 3.06. The minimum absolute atomic E-state index is 0.00120. The molecule has 1 spiro atoms. The van der Waals surface area contributed by atoms with Crippen molar-refractivity contribution in [3.05, 3.63) is 53.1 Å². The van der Waals surface area contributed by atoms with Gasteiger partial charge in [0.05, 0.1) is 37.8 Å². The Kier molecular flexibility index (Phi) is 5.08. The molecule has 1 saturated heterocycles. The topological polar surface area (TPSA) is 88.9 Å². The molecule has 1 amide bonds. The Labute approximate surface area is 174 Å². The molecule has 2 aromatic carbocycles. The molecule has 30 heavy (non-hydrogen) atoms. The summed E-state index contributed by atoms with van der Waals surface area (Å²) in [5.74, 6) is 1.21. The highest BCUT2D eigenvalue weighted by Crippen LogP contribution is 2.47. The third-order valence-corrected chi connectivity index (χ3v) is 5.80. The fourth-order valence-corrected chi connectivity index (χ4v) is 4.16. The molecule has 2 heterocycles. The number of methoxy groups -OCH3 is 2. The van der Waals surface area contributed by atoms with Crippen molar-refractivity contribution in [3.8, 4) is 23.3 Å². The van der Waals surface area contributed by atoms with E-state index in [1.807, 2.05) is 0 Å². The molecule has 154 valence electrons. The third-order valence-electron chi connectivity index (χ3n) is 5.80. The number of piperidine rings is 1. The zero-order valence-corrected chi connectivity index (χ0v) is 16.9. The van der Waals surface area contributed by atoms with Crippen LogP contribution in [0.15, 0.2) is 36.4 Å². The van der Waals surface area contributed by atoms with E-state index in [2.05, 4.69) is 6.07 Å². The second kappa shape index (κ2) is 7.71. The van der Waals surface area contributed by atoms with E-state index in [4.69, 9.17) is 19.5 Å². The van der Waals surface area contributed by atoms with Gasteiger partial charge < -0.3 is 19.1 Å². The summed E-state index contributed by atoms with van der Waals surface area (Å²) in [6.07, 6.45) is 1.33. The van der Waals surface area contributed by atoms with Gasteiger partial charge in [0.25, 0.3) is 5.91 Å². The van der Waals surface area contributed by atoms with Gasteiger partial charge in [0, 0.05) is 31.5 Å². The molecule has 2 aromatic rings. The van der Waals surface area contributed by atoms with Gasteiger partial charge in [0.1, 0.15) is 5.60 Å². The second-order valence-corrected chi connectivity index (χ2v) is 7.55. The number of carbonyl (C=O) groups is 2. The van der Waals surface area contributed by atoms with Crippen molar-refractivity contribution in [3.63, 3.8) is 0 Å². The number of ketones is 1. The first kappa shape index (κ1) is 19.8. The van der Waals surface area contributed by atoms with Gasteiger partial charge in [-0.05, 0) is 30.3 Å². The van der Waals surface area contributed by atoms with Crippen LogP contribution < -0.4 is 14.2 Å². The molecule has 2 aliphatic heterocycles. The largest absolute Gasteiger partial charge is 0.493 e.